The number of imide groups is 1. The van der Waals surface area contributed by atoms with Crippen molar-refractivity contribution >= 4 is 29.2 Å². The summed E-state index contributed by atoms with van der Waals surface area (Å²) in [5.41, 5.74) is 0.331. The van der Waals surface area contributed by atoms with Gasteiger partial charge in [-0.2, -0.15) is 0 Å². The first kappa shape index (κ1) is 19.5. The summed E-state index contributed by atoms with van der Waals surface area (Å²) < 4.78 is 0. The van der Waals surface area contributed by atoms with Crippen molar-refractivity contribution in [1.82, 2.24) is 15.1 Å². The van der Waals surface area contributed by atoms with Gasteiger partial charge in [-0.3, -0.25) is 9.69 Å². The van der Waals surface area contributed by atoms with Crippen LogP contribution in [0.25, 0.3) is 0 Å². The van der Waals surface area contributed by atoms with Crippen LogP contribution in [0, 0.1) is 11.8 Å². The quantitative estimate of drug-likeness (QED) is 0.786. The molecule has 3 aliphatic rings. The molecule has 0 radical (unpaired) electrons. The summed E-state index contributed by atoms with van der Waals surface area (Å²) in [4.78, 5) is 31.9. The molecule has 1 N–H and O–H groups in total. The largest absolute Gasteiger partial charge is 0.368 e. The van der Waals surface area contributed by atoms with E-state index in [0.29, 0.717) is 6.67 Å². The van der Waals surface area contributed by atoms with Gasteiger partial charge in [0.05, 0.1) is 17.4 Å². The third kappa shape index (κ3) is 3.16. The number of carbonyl (C=O) groups is 2. The number of amides is 3. The van der Waals surface area contributed by atoms with E-state index < -0.39 is 5.54 Å². The van der Waals surface area contributed by atoms with Gasteiger partial charge in [0.2, 0.25) is 0 Å². The zero-order valence-electron chi connectivity index (χ0n) is 16.7. The van der Waals surface area contributed by atoms with Crippen molar-refractivity contribution in [2.75, 3.05) is 37.7 Å². The molecule has 3 fully saturated rings. The molecule has 1 saturated carbocycles. The zero-order valence-corrected chi connectivity index (χ0v) is 17.4. The van der Waals surface area contributed by atoms with Crippen molar-refractivity contribution < 1.29 is 9.59 Å². The van der Waals surface area contributed by atoms with Gasteiger partial charge in [-0.25, -0.2) is 9.69 Å². The molecule has 0 aromatic heterocycles. The molecular weight excluding hydrogens is 376 g/mol. The summed E-state index contributed by atoms with van der Waals surface area (Å²) in [6.07, 6.45) is 3.10. The van der Waals surface area contributed by atoms with E-state index in [1.807, 2.05) is 24.3 Å². The van der Waals surface area contributed by atoms with Gasteiger partial charge in [0.15, 0.2) is 0 Å². The molecule has 2 atom stereocenters. The van der Waals surface area contributed by atoms with Crippen LogP contribution in [0.2, 0.25) is 5.02 Å². The molecule has 28 heavy (non-hydrogen) atoms. The third-order valence-corrected chi connectivity index (χ3v) is 7.21. The molecule has 2 unspecified atom stereocenters. The first-order valence-electron chi connectivity index (χ1n) is 10.3. The molecule has 1 aromatic rings. The van der Waals surface area contributed by atoms with Crippen molar-refractivity contribution in [2.24, 2.45) is 11.8 Å². The molecule has 1 spiro atoms. The standard InChI is InChI=1S/C21H29ClN4O2/c1-15-6-5-7-16(2)21(15)19(27)26(20(28)23-21)14-24-10-12-25(13-11-24)18-9-4-3-8-17(18)22/h3-4,8-9,15-16H,5-7,10-14H2,1-2H3,(H,23,28). The SMILES string of the molecule is CC1CCCC(C)C12NC(=O)N(CN1CCN(c3ccccc3Cl)CC1)C2=O. The van der Waals surface area contributed by atoms with Crippen LogP contribution in [0.1, 0.15) is 33.1 Å². The number of anilines is 1. The van der Waals surface area contributed by atoms with Crippen molar-refractivity contribution in [3.05, 3.63) is 29.3 Å². The number of nitrogens with zero attached hydrogens (tertiary/aromatic N) is 3. The van der Waals surface area contributed by atoms with E-state index in [4.69, 9.17) is 11.6 Å². The monoisotopic (exact) mass is 404 g/mol. The number of hydrogen-bond donors (Lipinski definition) is 1. The fraction of sp³-hybridized carbons (Fsp3) is 0.619. The average Bonchev–Trinajstić information content (AvgIpc) is 2.93. The van der Waals surface area contributed by atoms with E-state index in [9.17, 15) is 9.59 Å². The Balaban J connectivity index is 1.41. The molecule has 2 heterocycles. The minimum absolute atomic E-state index is 0.0364. The van der Waals surface area contributed by atoms with E-state index in [0.717, 1.165) is 56.2 Å². The maximum absolute atomic E-state index is 13.3. The van der Waals surface area contributed by atoms with Gasteiger partial charge in [0.1, 0.15) is 5.54 Å². The van der Waals surface area contributed by atoms with E-state index in [1.54, 1.807) is 0 Å². The Kier molecular flexibility index (Phi) is 5.27. The third-order valence-electron chi connectivity index (χ3n) is 6.89. The summed E-state index contributed by atoms with van der Waals surface area (Å²) in [5.74, 6) is 0.315. The zero-order chi connectivity index (χ0) is 19.9. The van der Waals surface area contributed by atoms with Gasteiger partial charge in [-0.15, -0.1) is 0 Å². The summed E-state index contributed by atoms with van der Waals surface area (Å²) >= 11 is 6.32. The maximum atomic E-state index is 13.3. The van der Waals surface area contributed by atoms with Gasteiger partial charge in [-0.1, -0.05) is 44.0 Å². The Morgan fingerprint density at radius 1 is 1.07 bits per heavy atom. The van der Waals surface area contributed by atoms with Crippen molar-refractivity contribution in [3.8, 4) is 0 Å². The van der Waals surface area contributed by atoms with Crippen LogP contribution < -0.4 is 10.2 Å². The Morgan fingerprint density at radius 3 is 2.36 bits per heavy atom. The number of rotatable bonds is 3. The molecule has 4 rings (SSSR count). The lowest BCUT2D eigenvalue weighted by Gasteiger charge is -2.42. The predicted molar refractivity (Wildman–Crippen MR) is 110 cm³/mol. The highest BCUT2D eigenvalue weighted by molar-refractivity contribution is 6.33. The Morgan fingerprint density at radius 2 is 1.71 bits per heavy atom. The number of benzene rings is 1. The minimum atomic E-state index is -0.714. The van der Waals surface area contributed by atoms with Crippen LogP contribution in [0.3, 0.4) is 0 Å². The molecule has 2 aliphatic heterocycles. The lowest BCUT2D eigenvalue weighted by atomic mass is 9.67. The number of hydrogen-bond acceptors (Lipinski definition) is 4. The number of piperazine rings is 1. The van der Waals surface area contributed by atoms with E-state index >= 15 is 0 Å². The Hall–Kier alpha value is -1.79. The summed E-state index contributed by atoms with van der Waals surface area (Å²) in [6.45, 7) is 7.79. The normalized spacial score (nSPS) is 31.5. The molecule has 0 bridgehead atoms. The smallest absolute Gasteiger partial charge is 0.326 e. The minimum Gasteiger partial charge on any atom is -0.368 e. The van der Waals surface area contributed by atoms with E-state index in [2.05, 4.69) is 29.0 Å². The molecule has 3 amide bonds. The van der Waals surface area contributed by atoms with Crippen LogP contribution >= 0.6 is 11.6 Å². The average molecular weight is 405 g/mol. The number of nitrogens with one attached hydrogen (secondary N) is 1. The predicted octanol–water partition coefficient (Wildman–Crippen LogP) is 3.17. The van der Waals surface area contributed by atoms with E-state index in [-0.39, 0.29) is 23.8 Å². The molecule has 2 saturated heterocycles. The second kappa shape index (κ2) is 7.56. The van der Waals surface area contributed by atoms with Crippen LogP contribution in [-0.4, -0.2) is 60.1 Å². The summed E-state index contributed by atoms with van der Waals surface area (Å²) in [5, 5.41) is 3.84. The van der Waals surface area contributed by atoms with Crippen LogP contribution in [0.15, 0.2) is 24.3 Å². The number of urea groups is 1. The first-order chi connectivity index (χ1) is 13.4. The molecule has 1 aliphatic carbocycles. The summed E-state index contributed by atoms with van der Waals surface area (Å²) in [6, 6.07) is 7.63. The number of halogens is 1. The van der Waals surface area contributed by atoms with Crippen molar-refractivity contribution in [2.45, 2.75) is 38.6 Å². The van der Waals surface area contributed by atoms with E-state index in [1.165, 1.54) is 4.90 Å². The fourth-order valence-corrected chi connectivity index (χ4v) is 5.37. The molecule has 7 heteroatoms. The first-order valence-corrected chi connectivity index (χ1v) is 10.7. The Labute approximate surface area is 171 Å². The molecule has 1 aromatic carbocycles. The van der Waals surface area contributed by atoms with Crippen LogP contribution in [0.4, 0.5) is 10.5 Å². The molecule has 6 nitrogen and oxygen atoms in total. The molecular formula is C21H29ClN4O2. The summed E-state index contributed by atoms with van der Waals surface area (Å²) in [7, 11) is 0. The second-order valence-electron chi connectivity index (χ2n) is 8.46. The van der Waals surface area contributed by atoms with Crippen molar-refractivity contribution in [3.63, 3.8) is 0 Å². The van der Waals surface area contributed by atoms with Gasteiger partial charge >= 0.3 is 6.03 Å². The lowest BCUT2D eigenvalue weighted by Crippen LogP contribution is -2.59. The second-order valence-corrected chi connectivity index (χ2v) is 8.87. The van der Waals surface area contributed by atoms with Gasteiger partial charge < -0.3 is 10.2 Å². The van der Waals surface area contributed by atoms with Gasteiger partial charge in [0, 0.05) is 26.2 Å². The maximum Gasteiger partial charge on any atom is 0.326 e. The lowest BCUT2D eigenvalue weighted by molar-refractivity contribution is -0.138. The van der Waals surface area contributed by atoms with Crippen LogP contribution in [-0.2, 0) is 4.79 Å². The highest BCUT2D eigenvalue weighted by atomic mass is 35.5. The Bertz CT molecular complexity index is 753. The number of carbonyl (C=O) groups excluding carboxylic acids is 2. The van der Waals surface area contributed by atoms with Gasteiger partial charge in [0.25, 0.3) is 5.91 Å². The topological polar surface area (TPSA) is 55.9 Å². The fourth-order valence-electron chi connectivity index (χ4n) is 5.12. The van der Waals surface area contributed by atoms with Crippen LogP contribution in [0.5, 0.6) is 0 Å². The van der Waals surface area contributed by atoms with Crippen molar-refractivity contribution in [1.29, 1.82) is 0 Å². The highest BCUT2D eigenvalue weighted by Crippen LogP contribution is 2.42. The molecule has 152 valence electrons. The van der Waals surface area contributed by atoms with Gasteiger partial charge in [-0.05, 0) is 36.8 Å². The highest BCUT2D eigenvalue weighted by Gasteiger charge is 2.58. The number of para-hydroxylation sites is 1.